The van der Waals surface area contributed by atoms with Gasteiger partial charge in [0, 0.05) is 25.9 Å². The van der Waals surface area contributed by atoms with Gasteiger partial charge in [-0.2, -0.15) is 0 Å². The van der Waals surface area contributed by atoms with Crippen LogP contribution >= 0.6 is 12.4 Å². The Bertz CT molecular complexity index is 685. The molecule has 0 saturated carbocycles. The number of rotatable bonds is 4. The molecule has 2 aromatic rings. The Morgan fingerprint density at radius 3 is 2.32 bits per heavy atom. The van der Waals surface area contributed by atoms with E-state index in [1.54, 1.807) is 0 Å². The molecule has 5 heteroatoms. The molecule has 1 saturated heterocycles. The standard InChI is InChI=1S/C20H24N2O2.ClH/c1-15-7-5-6-10-18(15)24-17-11-13-22(14-12-17)20(23)19(21)16-8-3-2-4-9-16;/h2-10,17,19H,11-14,21H2,1H3;1H/t19-;/m0./s1. The van der Waals surface area contributed by atoms with Gasteiger partial charge in [-0.1, -0.05) is 48.5 Å². The Labute approximate surface area is 155 Å². The van der Waals surface area contributed by atoms with E-state index in [-0.39, 0.29) is 24.4 Å². The number of carbonyl (C=O) groups is 1. The number of ether oxygens (including phenoxy) is 1. The van der Waals surface area contributed by atoms with Gasteiger partial charge in [0.25, 0.3) is 0 Å². The van der Waals surface area contributed by atoms with Gasteiger partial charge in [-0.05, 0) is 24.1 Å². The molecule has 0 radical (unpaired) electrons. The van der Waals surface area contributed by atoms with Crippen LogP contribution < -0.4 is 10.5 Å². The molecule has 0 spiro atoms. The van der Waals surface area contributed by atoms with Crippen molar-refractivity contribution < 1.29 is 9.53 Å². The predicted molar refractivity (Wildman–Crippen MR) is 102 cm³/mol. The van der Waals surface area contributed by atoms with Crippen LogP contribution in [0, 0.1) is 6.92 Å². The first-order valence-electron chi connectivity index (χ1n) is 8.47. The molecular formula is C20H25ClN2O2. The summed E-state index contributed by atoms with van der Waals surface area (Å²) in [6.45, 7) is 3.43. The largest absolute Gasteiger partial charge is 0.490 e. The highest BCUT2D eigenvalue weighted by Crippen LogP contribution is 2.23. The fourth-order valence-electron chi connectivity index (χ4n) is 3.06. The number of aryl methyl sites for hydroxylation is 1. The molecule has 0 bridgehead atoms. The number of carbonyl (C=O) groups excluding carboxylic acids is 1. The molecule has 1 fully saturated rings. The third kappa shape index (κ3) is 4.74. The first kappa shape index (κ1) is 19.3. The van der Waals surface area contributed by atoms with Crippen LogP contribution in [0.1, 0.15) is 30.0 Å². The van der Waals surface area contributed by atoms with Crippen LogP contribution in [0.4, 0.5) is 0 Å². The number of benzene rings is 2. The van der Waals surface area contributed by atoms with E-state index in [1.165, 1.54) is 0 Å². The molecule has 1 amide bonds. The van der Waals surface area contributed by atoms with E-state index in [0.29, 0.717) is 13.1 Å². The Morgan fingerprint density at radius 2 is 1.68 bits per heavy atom. The van der Waals surface area contributed by atoms with Crippen LogP contribution in [-0.4, -0.2) is 30.0 Å². The normalized spacial score (nSPS) is 16.0. The van der Waals surface area contributed by atoms with E-state index in [4.69, 9.17) is 10.5 Å². The summed E-state index contributed by atoms with van der Waals surface area (Å²) in [5, 5.41) is 0. The molecule has 3 rings (SSSR count). The van der Waals surface area contributed by atoms with Gasteiger partial charge in [-0.25, -0.2) is 0 Å². The molecule has 1 atom stereocenters. The van der Waals surface area contributed by atoms with E-state index in [9.17, 15) is 4.79 Å². The van der Waals surface area contributed by atoms with Gasteiger partial charge in [0.1, 0.15) is 17.9 Å². The fourth-order valence-corrected chi connectivity index (χ4v) is 3.06. The molecule has 25 heavy (non-hydrogen) atoms. The summed E-state index contributed by atoms with van der Waals surface area (Å²) in [7, 11) is 0. The Kier molecular flexibility index (Phi) is 6.85. The molecule has 1 aliphatic rings. The molecule has 2 aromatic carbocycles. The van der Waals surface area contributed by atoms with Gasteiger partial charge in [0.15, 0.2) is 0 Å². The molecule has 1 heterocycles. The topological polar surface area (TPSA) is 55.6 Å². The summed E-state index contributed by atoms with van der Waals surface area (Å²) in [5.74, 6) is 0.929. The van der Waals surface area contributed by atoms with Gasteiger partial charge < -0.3 is 15.4 Å². The number of hydrogen-bond donors (Lipinski definition) is 1. The number of para-hydroxylation sites is 1. The first-order valence-corrected chi connectivity index (χ1v) is 8.47. The van der Waals surface area contributed by atoms with Crippen molar-refractivity contribution in [1.82, 2.24) is 4.90 Å². The highest BCUT2D eigenvalue weighted by molar-refractivity contribution is 5.85. The summed E-state index contributed by atoms with van der Waals surface area (Å²) >= 11 is 0. The van der Waals surface area contributed by atoms with E-state index in [1.807, 2.05) is 66.4 Å². The number of likely N-dealkylation sites (tertiary alicyclic amines) is 1. The lowest BCUT2D eigenvalue weighted by Gasteiger charge is -2.34. The lowest BCUT2D eigenvalue weighted by Crippen LogP contribution is -2.45. The van der Waals surface area contributed by atoms with Crippen molar-refractivity contribution in [3.05, 3.63) is 65.7 Å². The molecule has 4 nitrogen and oxygen atoms in total. The van der Waals surface area contributed by atoms with Gasteiger partial charge in [0.2, 0.25) is 5.91 Å². The zero-order chi connectivity index (χ0) is 16.9. The number of amides is 1. The molecule has 134 valence electrons. The van der Waals surface area contributed by atoms with Crippen molar-refractivity contribution in [1.29, 1.82) is 0 Å². The Balaban J connectivity index is 0.00000225. The van der Waals surface area contributed by atoms with E-state index >= 15 is 0 Å². The van der Waals surface area contributed by atoms with Crippen molar-refractivity contribution in [2.45, 2.75) is 31.9 Å². The molecule has 0 aliphatic carbocycles. The lowest BCUT2D eigenvalue weighted by molar-refractivity contribution is -0.134. The highest BCUT2D eigenvalue weighted by atomic mass is 35.5. The second-order valence-electron chi connectivity index (χ2n) is 6.30. The maximum atomic E-state index is 12.6. The van der Waals surface area contributed by atoms with Crippen molar-refractivity contribution in [3.8, 4) is 5.75 Å². The average molecular weight is 361 g/mol. The average Bonchev–Trinajstić information content (AvgIpc) is 2.64. The number of hydrogen-bond acceptors (Lipinski definition) is 3. The van der Waals surface area contributed by atoms with Crippen molar-refractivity contribution in [2.75, 3.05) is 13.1 Å². The third-order valence-corrected chi connectivity index (χ3v) is 4.57. The SMILES string of the molecule is Cc1ccccc1OC1CCN(C(=O)[C@@H](N)c2ccccc2)CC1.Cl. The van der Waals surface area contributed by atoms with Gasteiger partial charge in [-0.15, -0.1) is 12.4 Å². The molecule has 0 aromatic heterocycles. The lowest BCUT2D eigenvalue weighted by atomic mass is 10.0. The zero-order valence-electron chi connectivity index (χ0n) is 14.4. The number of halogens is 1. The second-order valence-corrected chi connectivity index (χ2v) is 6.30. The van der Waals surface area contributed by atoms with Crippen molar-refractivity contribution in [3.63, 3.8) is 0 Å². The van der Waals surface area contributed by atoms with E-state index in [0.717, 1.165) is 29.7 Å². The number of piperidine rings is 1. The zero-order valence-corrected chi connectivity index (χ0v) is 15.2. The number of nitrogens with zero attached hydrogens (tertiary/aromatic N) is 1. The summed E-state index contributed by atoms with van der Waals surface area (Å²) in [6, 6.07) is 17.0. The number of nitrogens with two attached hydrogens (primary N) is 1. The second kappa shape index (κ2) is 8.88. The monoisotopic (exact) mass is 360 g/mol. The van der Waals surface area contributed by atoms with E-state index in [2.05, 4.69) is 0 Å². The van der Waals surface area contributed by atoms with Gasteiger partial charge >= 0.3 is 0 Å². The van der Waals surface area contributed by atoms with Crippen LogP contribution in [0.3, 0.4) is 0 Å². The predicted octanol–water partition coefficient (Wildman–Crippen LogP) is 3.49. The van der Waals surface area contributed by atoms with Crippen LogP contribution in [0.15, 0.2) is 54.6 Å². The molecule has 1 aliphatic heterocycles. The Hall–Kier alpha value is -2.04. The quantitative estimate of drug-likeness (QED) is 0.908. The molecule has 0 unspecified atom stereocenters. The minimum absolute atomic E-state index is 0. The summed E-state index contributed by atoms with van der Waals surface area (Å²) in [6.07, 6.45) is 1.83. The highest BCUT2D eigenvalue weighted by Gasteiger charge is 2.28. The summed E-state index contributed by atoms with van der Waals surface area (Å²) in [4.78, 5) is 14.4. The van der Waals surface area contributed by atoms with Gasteiger partial charge in [0.05, 0.1) is 0 Å². The van der Waals surface area contributed by atoms with Gasteiger partial charge in [-0.3, -0.25) is 4.79 Å². The van der Waals surface area contributed by atoms with Crippen LogP contribution in [0.2, 0.25) is 0 Å². The summed E-state index contributed by atoms with van der Waals surface area (Å²) in [5.41, 5.74) is 8.13. The summed E-state index contributed by atoms with van der Waals surface area (Å²) < 4.78 is 6.09. The first-order chi connectivity index (χ1) is 11.6. The van der Waals surface area contributed by atoms with Crippen molar-refractivity contribution in [2.24, 2.45) is 5.73 Å². The Morgan fingerprint density at radius 1 is 1.08 bits per heavy atom. The molecular weight excluding hydrogens is 336 g/mol. The van der Waals surface area contributed by atoms with E-state index < -0.39 is 6.04 Å². The fraction of sp³-hybridized carbons (Fsp3) is 0.350. The maximum Gasteiger partial charge on any atom is 0.244 e. The smallest absolute Gasteiger partial charge is 0.244 e. The van der Waals surface area contributed by atoms with Crippen LogP contribution in [0.25, 0.3) is 0 Å². The molecule has 2 N–H and O–H groups in total. The maximum absolute atomic E-state index is 12.6. The minimum atomic E-state index is -0.583. The van der Waals surface area contributed by atoms with Crippen molar-refractivity contribution >= 4 is 18.3 Å². The third-order valence-electron chi connectivity index (χ3n) is 4.57. The van der Waals surface area contributed by atoms with Crippen LogP contribution in [0.5, 0.6) is 5.75 Å². The van der Waals surface area contributed by atoms with Crippen LogP contribution in [-0.2, 0) is 4.79 Å². The minimum Gasteiger partial charge on any atom is -0.490 e.